The lowest BCUT2D eigenvalue weighted by Gasteiger charge is -2.23. The van der Waals surface area contributed by atoms with Gasteiger partial charge in [0, 0.05) is 30.7 Å². The first kappa shape index (κ1) is 14.4. The molecule has 2 aromatic rings. The molecular formula is C17H19FN4O. The molecule has 0 spiro atoms. The molecule has 2 N–H and O–H groups in total. The molecule has 2 bridgehead atoms. The summed E-state index contributed by atoms with van der Waals surface area (Å²) in [6, 6.07) is 8.81. The highest BCUT2D eigenvalue weighted by atomic mass is 19.1. The van der Waals surface area contributed by atoms with E-state index in [9.17, 15) is 9.18 Å². The predicted molar refractivity (Wildman–Crippen MR) is 84.4 cm³/mol. The molecule has 0 radical (unpaired) electrons. The first-order valence-electron chi connectivity index (χ1n) is 8.06. The number of rotatable bonds is 2. The summed E-state index contributed by atoms with van der Waals surface area (Å²) < 4.78 is 13.0. The van der Waals surface area contributed by atoms with Gasteiger partial charge in [-0.15, -0.1) is 0 Å². The monoisotopic (exact) mass is 314 g/mol. The summed E-state index contributed by atoms with van der Waals surface area (Å²) in [7, 11) is 0. The van der Waals surface area contributed by atoms with Gasteiger partial charge in [-0.2, -0.15) is 5.10 Å². The maximum atomic E-state index is 13.0. The van der Waals surface area contributed by atoms with Crippen LogP contribution in [-0.2, 0) is 0 Å². The van der Waals surface area contributed by atoms with E-state index in [2.05, 4.69) is 15.5 Å². The third-order valence-corrected chi connectivity index (χ3v) is 4.76. The van der Waals surface area contributed by atoms with Gasteiger partial charge in [-0.3, -0.25) is 9.89 Å². The Bertz CT molecular complexity index is 712. The minimum Gasteiger partial charge on any atom is -0.336 e. The lowest BCUT2D eigenvalue weighted by atomic mass is 10.1. The Labute approximate surface area is 133 Å². The van der Waals surface area contributed by atoms with Gasteiger partial charge in [0.1, 0.15) is 11.5 Å². The molecule has 1 aromatic heterocycles. The number of H-pyrrole nitrogens is 1. The van der Waals surface area contributed by atoms with Crippen molar-refractivity contribution in [2.45, 2.75) is 31.3 Å². The van der Waals surface area contributed by atoms with E-state index in [1.807, 2.05) is 4.90 Å². The highest BCUT2D eigenvalue weighted by Gasteiger charge is 2.31. The van der Waals surface area contributed by atoms with Gasteiger partial charge in [0.2, 0.25) is 0 Å². The van der Waals surface area contributed by atoms with Crippen molar-refractivity contribution in [3.05, 3.63) is 41.8 Å². The van der Waals surface area contributed by atoms with Crippen LogP contribution < -0.4 is 5.32 Å². The van der Waals surface area contributed by atoms with E-state index in [0.29, 0.717) is 23.5 Å². The van der Waals surface area contributed by atoms with Gasteiger partial charge < -0.3 is 10.2 Å². The van der Waals surface area contributed by atoms with E-state index in [-0.39, 0.29) is 11.7 Å². The average molecular weight is 314 g/mol. The van der Waals surface area contributed by atoms with Crippen LogP contribution in [-0.4, -0.2) is 46.2 Å². The number of nitrogens with one attached hydrogen (secondary N) is 2. The fourth-order valence-corrected chi connectivity index (χ4v) is 3.50. The predicted octanol–water partition coefficient (Wildman–Crippen LogP) is 2.18. The van der Waals surface area contributed by atoms with Crippen molar-refractivity contribution in [1.82, 2.24) is 20.4 Å². The highest BCUT2D eigenvalue weighted by Crippen LogP contribution is 2.23. The van der Waals surface area contributed by atoms with E-state index in [1.54, 1.807) is 18.2 Å². The molecule has 6 heteroatoms. The first-order chi connectivity index (χ1) is 11.2. The fraction of sp³-hybridized carbons (Fsp3) is 0.412. The highest BCUT2D eigenvalue weighted by molar-refractivity contribution is 5.93. The molecule has 2 aliphatic heterocycles. The number of carbonyl (C=O) groups excluding carboxylic acids is 1. The molecule has 23 heavy (non-hydrogen) atoms. The van der Waals surface area contributed by atoms with E-state index in [0.717, 1.165) is 31.5 Å². The summed E-state index contributed by atoms with van der Waals surface area (Å²) in [6.07, 6.45) is 3.35. The molecule has 1 aromatic carbocycles. The Morgan fingerprint density at radius 3 is 2.78 bits per heavy atom. The molecule has 120 valence electrons. The third kappa shape index (κ3) is 2.86. The van der Waals surface area contributed by atoms with Crippen LogP contribution in [0.15, 0.2) is 30.3 Å². The lowest BCUT2D eigenvalue weighted by molar-refractivity contribution is 0.0742. The van der Waals surface area contributed by atoms with Crippen LogP contribution >= 0.6 is 0 Å². The molecule has 1 amide bonds. The summed E-state index contributed by atoms with van der Waals surface area (Å²) in [5.74, 6) is -0.298. The number of fused-ring (bicyclic) bond motifs is 2. The first-order valence-corrected chi connectivity index (χ1v) is 8.06. The van der Waals surface area contributed by atoms with Gasteiger partial charge in [0.05, 0.1) is 5.69 Å². The number of aromatic amines is 1. The van der Waals surface area contributed by atoms with Crippen molar-refractivity contribution in [2.75, 3.05) is 13.1 Å². The summed E-state index contributed by atoms with van der Waals surface area (Å²) in [4.78, 5) is 14.6. The van der Waals surface area contributed by atoms with Gasteiger partial charge >= 0.3 is 0 Å². The van der Waals surface area contributed by atoms with E-state index < -0.39 is 0 Å². The van der Waals surface area contributed by atoms with Gasteiger partial charge in [0.15, 0.2) is 0 Å². The number of aromatic nitrogens is 2. The quantitative estimate of drug-likeness (QED) is 0.893. The smallest absolute Gasteiger partial charge is 0.271 e. The molecule has 2 saturated heterocycles. The second-order valence-corrected chi connectivity index (χ2v) is 6.35. The topological polar surface area (TPSA) is 61.0 Å². The number of hydrogen-bond donors (Lipinski definition) is 2. The molecule has 2 unspecified atom stereocenters. The number of carbonyl (C=O) groups is 1. The zero-order valence-electron chi connectivity index (χ0n) is 12.8. The molecule has 0 saturated carbocycles. The van der Waals surface area contributed by atoms with Gasteiger partial charge in [-0.25, -0.2) is 4.39 Å². The standard InChI is InChI=1S/C17H19FN4O/c18-12-3-1-11(2-4-12)15-9-16(21-20-15)17(23)22-8-7-13-5-6-14(10-22)19-13/h1-4,9,13-14,19H,5-8,10H2,(H,20,21). The van der Waals surface area contributed by atoms with Crippen molar-refractivity contribution >= 4 is 5.91 Å². The summed E-state index contributed by atoms with van der Waals surface area (Å²) in [6.45, 7) is 1.53. The Morgan fingerprint density at radius 1 is 1.17 bits per heavy atom. The Hall–Kier alpha value is -2.21. The summed E-state index contributed by atoms with van der Waals surface area (Å²) in [5.41, 5.74) is 1.93. The SMILES string of the molecule is O=C(c1cc(-c2ccc(F)cc2)n[nH]1)N1CCC2CCC(C1)N2. The van der Waals surface area contributed by atoms with Gasteiger partial charge in [-0.05, 0) is 49.6 Å². The molecule has 3 heterocycles. The second-order valence-electron chi connectivity index (χ2n) is 6.35. The van der Waals surface area contributed by atoms with E-state index in [1.165, 1.54) is 18.6 Å². The van der Waals surface area contributed by atoms with Crippen molar-refractivity contribution in [2.24, 2.45) is 0 Å². The zero-order chi connectivity index (χ0) is 15.8. The van der Waals surface area contributed by atoms with Gasteiger partial charge in [0.25, 0.3) is 5.91 Å². The Balaban J connectivity index is 1.51. The largest absolute Gasteiger partial charge is 0.336 e. The van der Waals surface area contributed by atoms with Crippen molar-refractivity contribution in [3.8, 4) is 11.3 Å². The fourth-order valence-electron chi connectivity index (χ4n) is 3.50. The summed E-state index contributed by atoms with van der Waals surface area (Å²) >= 11 is 0. The molecule has 2 fully saturated rings. The molecule has 0 aliphatic carbocycles. The number of hydrogen-bond acceptors (Lipinski definition) is 3. The Morgan fingerprint density at radius 2 is 1.96 bits per heavy atom. The number of likely N-dealkylation sites (tertiary alicyclic amines) is 1. The minimum atomic E-state index is -0.285. The average Bonchev–Trinajstić information content (AvgIpc) is 3.14. The number of halogens is 1. The number of benzene rings is 1. The number of nitrogens with zero attached hydrogens (tertiary/aromatic N) is 2. The van der Waals surface area contributed by atoms with Crippen LogP contribution in [0.3, 0.4) is 0 Å². The van der Waals surface area contributed by atoms with Gasteiger partial charge in [-0.1, -0.05) is 0 Å². The molecule has 2 atom stereocenters. The third-order valence-electron chi connectivity index (χ3n) is 4.76. The van der Waals surface area contributed by atoms with Crippen molar-refractivity contribution in [1.29, 1.82) is 0 Å². The van der Waals surface area contributed by atoms with Crippen LogP contribution in [0.25, 0.3) is 11.3 Å². The zero-order valence-corrected chi connectivity index (χ0v) is 12.8. The maximum absolute atomic E-state index is 13.0. The maximum Gasteiger partial charge on any atom is 0.271 e. The van der Waals surface area contributed by atoms with Crippen LogP contribution in [0.1, 0.15) is 29.8 Å². The molecule has 4 rings (SSSR count). The van der Waals surface area contributed by atoms with Crippen LogP contribution in [0.4, 0.5) is 4.39 Å². The lowest BCUT2D eigenvalue weighted by Crippen LogP contribution is -2.39. The normalized spacial score (nSPS) is 23.8. The van der Waals surface area contributed by atoms with Crippen LogP contribution in [0, 0.1) is 5.82 Å². The summed E-state index contributed by atoms with van der Waals surface area (Å²) in [5, 5.41) is 10.6. The molecular weight excluding hydrogens is 295 g/mol. The van der Waals surface area contributed by atoms with Crippen molar-refractivity contribution in [3.63, 3.8) is 0 Å². The van der Waals surface area contributed by atoms with Crippen LogP contribution in [0.5, 0.6) is 0 Å². The van der Waals surface area contributed by atoms with E-state index in [4.69, 9.17) is 0 Å². The second kappa shape index (κ2) is 5.77. The van der Waals surface area contributed by atoms with Crippen LogP contribution in [0.2, 0.25) is 0 Å². The minimum absolute atomic E-state index is 0.0137. The Kier molecular flexibility index (Phi) is 3.61. The molecule has 2 aliphatic rings. The molecule has 5 nitrogen and oxygen atoms in total. The number of amides is 1. The van der Waals surface area contributed by atoms with E-state index >= 15 is 0 Å². The van der Waals surface area contributed by atoms with Crippen molar-refractivity contribution < 1.29 is 9.18 Å².